The largest absolute Gasteiger partial charge is 2.00 e. The summed E-state index contributed by atoms with van der Waals surface area (Å²) in [5.74, 6) is 0. The first-order chi connectivity index (χ1) is 8.52. The first kappa shape index (κ1) is 17.7. The fraction of sp³-hybridized carbons (Fsp3) is 0. The molecule has 104 valence electrons. The van der Waals surface area contributed by atoms with Crippen molar-refractivity contribution in [2.45, 2.75) is 0 Å². The molecule has 6 heteroatoms. The zero-order valence-electron chi connectivity index (χ0n) is 9.89. The van der Waals surface area contributed by atoms with Crippen LogP contribution in [0.4, 0.5) is 5.69 Å². The molecule has 19 heavy (non-hydrogen) atoms. The van der Waals surface area contributed by atoms with Crippen molar-refractivity contribution in [1.82, 2.24) is 0 Å². The summed E-state index contributed by atoms with van der Waals surface area (Å²) in [7, 11) is -2.86. The minimum absolute atomic E-state index is 0. The Morgan fingerprint density at radius 1 is 0.947 bits per heavy atom. The molecule has 0 amide bonds. The zero-order valence-corrected chi connectivity index (χ0v) is 12.3. The number of nitrogens with two attached hydrogens (primary N) is 1. The molecule has 2 aromatic rings. The van der Waals surface area contributed by atoms with E-state index in [2.05, 4.69) is 6.92 Å². The molecule has 0 fully saturated rings. The van der Waals surface area contributed by atoms with Gasteiger partial charge in [0.15, 0.2) is 0 Å². The molecule has 0 radical (unpaired) electrons. The van der Waals surface area contributed by atoms with E-state index in [1.165, 1.54) is 0 Å². The van der Waals surface area contributed by atoms with Crippen LogP contribution in [-0.4, -0.2) is 4.55 Å². The first-order valence-electron chi connectivity index (χ1n) is 5.06. The van der Waals surface area contributed by atoms with Gasteiger partial charge in [-0.2, -0.15) is 18.6 Å². The van der Waals surface area contributed by atoms with E-state index in [1.54, 1.807) is 0 Å². The molecule has 0 aromatic heterocycles. The Balaban J connectivity index is 0.000000576. The second-order valence-corrected chi connectivity index (χ2v) is 3.90. The third-order valence-electron chi connectivity index (χ3n) is 2.27. The number of para-hydroxylation sites is 1. The molecule has 2 aromatic carbocycles. The molecule has 0 saturated heterocycles. The molecular formula is C13H13NO3PdS. The maximum absolute atomic E-state index is 8.56. The molecule has 0 aliphatic rings. The minimum atomic E-state index is -2.86. The topological polar surface area (TPSA) is 80.4 Å². The van der Waals surface area contributed by atoms with Crippen LogP contribution in [0.5, 0.6) is 0 Å². The molecule has 0 unspecified atom stereocenters. The number of hydrogen-bond acceptors (Lipinski definition) is 4. The molecule has 0 saturated carbocycles. The number of hydrogen-bond donors (Lipinski definition) is 2. The fourth-order valence-electron chi connectivity index (χ4n) is 1.53. The summed E-state index contributed by atoms with van der Waals surface area (Å²) in [5.41, 5.74) is 9.85. The second-order valence-electron chi connectivity index (χ2n) is 3.46. The van der Waals surface area contributed by atoms with Crippen LogP contribution in [0, 0.1) is 6.92 Å². The van der Waals surface area contributed by atoms with E-state index in [9.17, 15) is 0 Å². The van der Waals surface area contributed by atoms with Crippen molar-refractivity contribution in [2.24, 2.45) is 0 Å². The van der Waals surface area contributed by atoms with Crippen LogP contribution in [-0.2, 0) is 39.8 Å². The Hall–Kier alpha value is -1.32. The number of anilines is 1. The fourth-order valence-corrected chi connectivity index (χ4v) is 1.53. The standard InChI is InChI=1S/C13H12N.HO3S.Pd/c1-10-6-2-3-7-11(10)12-8-4-5-9-13(12)14;1-4(2)3;/h2-9H,1,14H2;(H,1,2,3);/q2*-1;+2. The molecule has 0 spiro atoms. The number of nitrogen functional groups attached to an aromatic ring is 1. The maximum Gasteiger partial charge on any atom is 2.00 e. The van der Waals surface area contributed by atoms with Crippen molar-refractivity contribution < 1.29 is 33.4 Å². The Labute approximate surface area is 128 Å². The van der Waals surface area contributed by atoms with Crippen LogP contribution in [0.2, 0.25) is 0 Å². The summed E-state index contributed by atoms with van der Waals surface area (Å²) in [4.78, 5) is 0. The number of benzene rings is 2. The summed E-state index contributed by atoms with van der Waals surface area (Å²) in [6, 6.07) is 15.8. The van der Waals surface area contributed by atoms with Crippen LogP contribution in [0.3, 0.4) is 0 Å². The van der Waals surface area contributed by atoms with E-state index in [-0.39, 0.29) is 20.4 Å². The summed E-state index contributed by atoms with van der Waals surface area (Å²) < 4.78 is 24.1. The van der Waals surface area contributed by atoms with Crippen LogP contribution in [0.25, 0.3) is 11.1 Å². The molecule has 2 rings (SSSR count). The third kappa shape index (κ3) is 5.90. The van der Waals surface area contributed by atoms with Gasteiger partial charge in [-0.3, -0.25) is 0 Å². The van der Waals surface area contributed by atoms with Gasteiger partial charge in [0.1, 0.15) is 0 Å². The number of rotatable bonds is 1. The summed E-state index contributed by atoms with van der Waals surface area (Å²) in [6.45, 7) is 3.98. The predicted molar refractivity (Wildman–Crippen MR) is 72.1 cm³/mol. The molecule has 0 heterocycles. The Bertz CT molecular complexity index is 548. The molecule has 4 nitrogen and oxygen atoms in total. The van der Waals surface area contributed by atoms with Crippen LogP contribution < -0.4 is 5.73 Å². The maximum atomic E-state index is 8.56. The van der Waals surface area contributed by atoms with Gasteiger partial charge in [0, 0.05) is 16.7 Å². The first-order valence-corrected chi connectivity index (χ1v) is 6.09. The van der Waals surface area contributed by atoms with E-state index in [0.717, 1.165) is 22.4 Å². The quantitative estimate of drug-likeness (QED) is 0.202. The van der Waals surface area contributed by atoms with Gasteiger partial charge in [-0.05, 0) is 6.07 Å². The van der Waals surface area contributed by atoms with Gasteiger partial charge in [0.25, 0.3) is 0 Å². The van der Waals surface area contributed by atoms with Crippen LogP contribution >= 0.6 is 0 Å². The van der Waals surface area contributed by atoms with Gasteiger partial charge in [0.2, 0.25) is 0 Å². The van der Waals surface area contributed by atoms with E-state index in [1.807, 2.05) is 48.5 Å². The minimum Gasteiger partial charge on any atom is -0.439 e. The van der Waals surface area contributed by atoms with Crippen molar-refractivity contribution in [3.05, 3.63) is 61.0 Å². The predicted octanol–water partition coefficient (Wildman–Crippen LogP) is 2.88. The summed E-state index contributed by atoms with van der Waals surface area (Å²) in [6.07, 6.45) is 0. The zero-order chi connectivity index (χ0) is 13.5. The Morgan fingerprint density at radius 2 is 1.37 bits per heavy atom. The van der Waals surface area contributed by atoms with Crippen LogP contribution in [0.1, 0.15) is 5.56 Å². The molecule has 0 aliphatic heterocycles. The second kappa shape index (κ2) is 8.73. The molecule has 3 N–H and O–H groups in total. The Morgan fingerprint density at radius 3 is 1.84 bits per heavy atom. The normalized spacial score (nSPS) is 9.16. The van der Waals surface area contributed by atoms with Gasteiger partial charge in [-0.25, -0.2) is 0 Å². The van der Waals surface area contributed by atoms with Gasteiger partial charge in [-0.15, -0.1) is 17.7 Å². The van der Waals surface area contributed by atoms with Gasteiger partial charge in [-0.1, -0.05) is 29.8 Å². The van der Waals surface area contributed by atoms with Crippen molar-refractivity contribution in [3.63, 3.8) is 0 Å². The van der Waals surface area contributed by atoms with E-state index in [0.29, 0.717) is 0 Å². The van der Waals surface area contributed by atoms with Gasteiger partial charge >= 0.3 is 20.4 Å². The van der Waals surface area contributed by atoms with Crippen molar-refractivity contribution in [3.8, 4) is 11.1 Å². The monoisotopic (exact) mass is 369 g/mol. The van der Waals surface area contributed by atoms with Gasteiger partial charge in [0.05, 0.1) is 0 Å². The SMILES string of the molecule is O=[S-](=O)O.[CH2-]c1ccccc1-c1ccccc1N.[Pd+2]. The molecule has 0 atom stereocenters. The van der Waals surface area contributed by atoms with Crippen molar-refractivity contribution >= 4 is 16.7 Å². The van der Waals surface area contributed by atoms with E-state index < -0.39 is 11.0 Å². The average molecular weight is 370 g/mol. The van der Waals surface area contributed by atoms with Crippen molar-refractivity contribution in [2.75, 3.05) is 5.73 Å². The van der Waals surface area contributed by atoms with E-state index >= 15 is 0 Å². The average Bonchev–Trinajstić information content (AvgIpc) is 2.30. The van der Waals surface area contributed by atoms with Crippen LogP contribution in [0.15, 0.2) is 48.5 Å². The summed E-state index contributed by atoms with van der Waals surface area (Å²) >= 11 is 0. The Kier molecular flexibility index (Phi) is 8.12. The van der Waals surface area contributed by atoms with E-state index in [4.69, 9.17) is 18.7 Å². The molecule has 0 bridgehead atoms. The molecule has 0 aliphatic carbocycles. The molecular weight excluding hydrogens is 357 g/mol. The smallest absolute Gasteiger partial charge is 0.439 e. The summed E-state index contributed by atoms with van der Waals surface area (Å²) in [5, 5.41) is 0. The van der Waals surface area contributed by atoms with Gasteiger partial charge < -0.3 is 18.7 Å². The van der Waals surface area contributed by atoms with Crippen molar-refractivity contribution in [1.29, 1.82) is 0 Å². The third-order valence-corrected chi connectivity index (χ3v) is 2.27.